The molecule has 0 bridgehead atoms. The van der Waals surface area contributed by atoms with Crippen LogP contribution in [0, 0.1) is 0 Å². The minimum atomic E-state index is -3.78. The van der Waals surface area contributed by atoms with Crippen molar-refractivity contribution < 1.29 is 23.1 Å². The van der Waals surface area contributed by atoms with E-state index < -0.39 is 16.0 Å². The second-order valence-corrected chi connectivity index (χ2v) is 7.39. The number of aromatic carboxylic acids is 1. The number of rotatable bonds is 8. The predicted molar refractivity (Wildman–Crippen MR) is 79.0 cm³/mol. The Bertz CT molecular complexity index is 609. The average molecular weight is 334 g/mol. The number of hydrogen-bond donors (Lipinski definition) is 3. The van der Waals surface area contributed by atoms with Gasteiger partial charge < -0.3 is 10.4 Å². The summed E-state index contributed by atoms with van der Waals surface area (Å²) in [5.41, 5.74) is -0.0742. The lowest BCUT2D eigenvalue weighted by Crippen LogP contribution is -2.35. The van der Waals surface area contributed by atoms with Gasteiger partial charge in [0, 0.05) is 24.4 Å². The van der Waals surface area contributed by atoms with Crippen LogP contribution in [0.2, 0.25) is 0 Å². The monoisotopic (exact) mass is 334 g/mol. The van der Waals surface area contributed by atoms with Gasteiger partial charge in [-0.2, -0.15) is 0 Å². The first kappa shape index (κ1) is 17.6. The van der Waals surface area contributed by atoms with Gasteiger partial charge in [0.15, 0.2) is 0 Å². The fraction of sp³-hybridized carbons (Fsp3) is 0.500. The van der Waals surface area contributed by atoms with Crippen LogP contribution in [0.25, 0.3) is 0 Å². The zero-order valence-electron chi connectivity index (χ0n) is 11.8. The fourth-order valence-electron chi connectivity index (χ4n) is 1.39. The highest BCUT2D eigenvalue weighted by Gasteiger charge is 2.19. The maximum atomic E-state index is 11.9. The maximum Gasteiger partial charge on any atom is 0.336 e. The van der Waals surface area contributed by atoms with Gasteiger partial charge in [-0.25, -0.2) is 17.9 Å². The summed E-state index contributed by atoms with van der Waals surface area (Å²) in [7, 11) is -3.78. The van der Waals surface area contributed by atoms with Gasteiger partial charge in [0.2, 0.25) is 15.9 Å². The van der Waals surface area contributed by atoms with Gasteiger partial charge in [-0.15, -0.1) is 11.3 Å². The Kier molecular flexibility index (Phi) is 6.31. The number of amides is 1. The van der Waals surface area contributed by atoms with Gasteiger partial charge >= 0.3 is 5.97 Å². The SMILES string of the molecule is CCC(C)NC(=O)CCNS(=O)(=O)c1cc(C(=O)O)cs1. The molecule has 21 heavy (non-hydrogen) atoms. The van der Waals surface area contributed by atoms with Crippen molar-refractivity contribution in [1.29, 1.82) is 0 Å². The van der Waals surface area contributed by atoms with Crippen molar-refractivity contribution in [2.24, 2.45) is 0 Å². The standard InChI is InChI=1S/C12H18N2O5S2/c1-3-8(2)14-10(15)4-5-13-21(18,19)11-6-9(7-20-11)12(16)17/h6-8,13H,3-5H2,1-2H3,(H,14,15)(H,16,17). The Morgan fingerprint density at radius 3 is 2.62 bits per heavy atom. The number of sulfonamides is 1. The van der Waals surface area contributed by atoms with Crippen LogP contribution in [0.3, 0.4) is 0 Å². The smallest absolute Gasteiger partial charge is 0.336 e. The van der Waals surface area contributed by atoms with Crippen LogP contribution >= 0.6 is 11.3 Å². The molecule has 0 aliphatic carbocycles. The van der Waals surface area contributed by atoms with E-state index in [0.717, 1.165) is 23.8 Å². The van der Waals surface area contributed by atoms with E-state index in [9.17, 15) is 18.0 Å². The highest BCUT2D eigenvalue weighted by atomic mass is 32.2. The number of carbonyl (C=O) groups excluding carboxylic acids is 1. The molecule has 0 fully saturated rings. The second kappa shape index (κ2) is 7.53. The van der Waals surface area contributed by atoms with E-state index in [1.54, 1.807) is 0 Å². The highest BCUT2D eigenvalue weighted by molar-refractivity contribution is 7.91. The highest BCUT2D eigenvalue weighted by Crippen LogP contribution is 2.19. The van der Waals surface area contributed by atoms with Crippen LogP contribution in [-0.4, -0.2) is 38.0 Å². The molecule has 1 atom stereocenters. The first-order chi connectivity index (χ1) is 9.76. The molecule has 0 spiro atoms. The lowest BCUT2D eigenvalue weighted by molar-refractivity contribution is -0.121. The number of carboxylic acids is 1. The van der Waals surface area contributed by atoms with Gasteiger partial charge in [0.25, 0.3) is 0 Å². The van der Waals surface area contributed by atoms with Crippen LogP contribution in [0.4, 0.5) is 0 Å². The Morgan fingerprint density at radius 2 is 2.10 bits per heavy atom. The Hall–Kier alpha value is -1.45. The second-order valence-electron chi connectivity index (χ2n) is 4.48. The average Bonchev–Trinajstić information content (AvgIpc) is 2.88. The molecule has 1 amide bonds. The molecule has 1 aromatic rings. The van der Waals surface area contributed by atoms with Gasteiger partial charge in [0.05, 0.1) is 5.56 Å². The van der Waals surface area contributed by atoms with Gasteiger partial charge in [0.1, 0.15) is 4.21 Å². The van der Waals surface area contributed by atoms with Crippen LogP contribution in [0.15, 0.2) is 15.7 Å². The first-order valence-corrected chi connectivity index (χ1v) is 8.73. The van der Waals surface area contributed by atoms with Gasteiger partial charge in [-0.3, -0.25) is 4.79 Å². The summed E-state index contributed by atoms with van der Waals surface area (Å²) >= 11 is 0.826. The Labute approximate surface area is 127 Å². The molecule has 1 unspecified atom stereocenters. The van der Waals surface area contributed by atoms with Crippen molar-refractivity contribution in [3.05, 3.63) is 17.0 Å². The largest absolute Gasteiger partial charge is 0.478 e. The molecule has 9 heteroatoms. The summed E-state index contributed by atoms with van der Waals surface area (Å²) < 4.78 is 26.0. The van der Waals surface area contributed by atoms with Crippen LogP contribution in [-0.2, 0) is 14.8 Å². The van der Waals surface area contributed by atoms with Crippen molar-refractivity contribution in [2.75, 3.05) is 6.54 Å². The Balaban J connectivity index is 2.53. The summed E-state index contributed by atoms with van der Waals surface area (Å²) in [4.78, 5) is 22.2. The van der Waals surface area contributed by atoms with E-state index in [1.165, 1.54) is 5.38 Å². The molecule has 1 aromatic heterocycles. The van der Waals surface area contributed by atoms with E-state index in [-0.39, 0.29) is 34.7 Å². The zero-order valence-corrected chi connectivity index (χ0v) is 13.4. The number of nitrogens with one attached hydrogen (secondary N) is 2. The van der Waals surface area contributed by atoms with Gasteiger partial charge in [-0.1, -0.05) is 6.92 Å². The summed E-state index contributed by atoms with van der Waals surface area (Å²) in [5, 5.41) is 12.7. The van der Waals surface area contributed by atoms with Crippen molar-refractivity contribution >= 4 is 33.2 Å². The van der Waals surface area contributed by atoms with E-state index in [4.69, 9.17) is 5.11 Å². The third-order valence-electron chi connectivity index (χ3n) is 2.75. The summed E-state index contributed by atoms with van der Waals surface area (Å²) in [6.07, 6.45) is 0.825. The van der Waals surface area contributed by atoms with Crippen molar-refractivity contribution in [3.63, 3.8) is 0 Å². The topological polar surface area (TPSA) is 113 Å². The van der Waals surface area contributed by atoms with Crippen molar-refractivity contribution in [1.82, 2.24) is 10.0 Å². The number of thiophene rings is 1. The molecule has 0 aliphatic rings. The van der Waals surface area contributed by atoms with Gasteiger partial charge in [-0.05, 0) is 19.4 Å². The van der Waals surface area contributed by atoms with E-state index >= 15 is 0 Å². The molecule has 118 valence electrons. The Morgan fingerprint density at radius 1 is 1.43 bits per heavy atom. The fourth-order valence-corrected chi connectivity index (χ4v) is 3.62. The van der Waals surface area contributed by atoms with E-state index in [0.29, 0.717) is 0 Å². The van der Waals surface area contributed by atoms with Crippen LogP contribution < -0.4 is 10.0 Å². The van der Waals surface area contributed by atoms with E-state index in [1.807, 2.05) is 13.8 Å². The third-order valence-corrected chi connectivity index (χ3v) is 5.65. The maximum absolute atomic E-state index is 11.9. The zero-order chi connectivity index (χ0) is 16.0. The first-order valence-electron chi connectivity index (χ1n) is 6.37. The molecule has 0 aliphatic heterocycles. The molecule has 0 saturated carbocycles. The lowest BCUT2D eigenvalue weighted by atomic mass is 10.2. The molecular weight excluding hydrogens is 316 g/mol. The third kappa shape index (κ3) is 5.44. The molecule has 7 nitrogen and oxygen atoms in total. The number of hydrogen-bond acceptors (Lipinski definition) is 5. The molecule has 1 heterocycles. The molecular formula is C12H18N2O5S2. The summed E-state index contributed by atoms with van der Waals surface area (Å²) in [6.45, 7) is 3.76. The molecule has 0 aromatic carbocycles. The normalized spacial score (nSPS) is 12.9. The minimum absolute atomic E-state index is 0.0285. The van der Waals surface area contributed by atoms with Crippen LogP contribution in [0.1, 0.15) is 37.0 Å². The predicted octanol–water partition coefficient (Wildman–Crippen LogP) is 1.03. The van der Waals surface area contributed by atoms with Crippen molar-refractivity contribution in [2.45, 2.75) is 36.9 Å². The summed E-state index contributed by atoms with van der Waals surface area (Å²) in [6, 6.07) is 1.14. The number of carbonyl (C=O) groups is 2. The lowest BCUT2D eigenvalue weighted by Gasteiger charge is -2.11. The molecule has 1 rings (SSSR count). The van der Waals surface area contributed by atoms with Crippen LogP contribution in [0.5, 0.6) is 0 Å². The minimum Gasteiger partial charge on any atom is -0.478 e. The molecule has 3 N–H and O–H groups in total. The number of carboxylic acid groups (broad SMARTS) is 1. The summed E-state index contributed by atoms with van der Waals surface area (Å²) in [5.74, 6) is -1.41. The quantitative estimate of drug-likeness (QED) is 0.657. The molecule has 0 saturated heterocycles. The van der Waals surface area contributed by atoms with E-state index in [2.05, 4.69) is 10.0 Å². The molecule has 0 radical (unpaired) electrons. The van der Waals surface area contributed by atoms with Crippen molar-refractivity contribution in [3.8, 4) is 0 Å².